The molecule has 0 radical (unpaired) electrons. The molecule has 7 heteroatoms. The fourth-order valence-electron chi connectivity index (χ4n) is 2.83. The Kier molecular flexibility index (Phi) is 6.34. The van der Waals surface area contributed by atoms with E-state index in [1.165, 1.54) is 12.1 Å². The van der Waals surface area contributed by atoms with Crippen LogP contribution in [0.15, 0.2) is 24.3 Å². The van der Waals surface area contributed by atoms with Crippen LogP contribution in [0.5, 0.6) is 0 Å². The maximum absolute atomic E-state index is 12.9. The van der Waals surface area contributed by atoms with Gasteiger partial charge >= 0.3 is 6.03 Å². The Balaban J connectivity index is 1.83. The summed E-state index contributed by atoms with van der Waals surface area (Å²) >= 11 is 0. The molecule has 1 aromatic carbocycles. The van der Waals surface area contributed by atoms with E-state index in [0.29, 0.717) is 25.3 Å². The summed E-state index contributed by atoms with van der Waals surface area (Å²) in [7, 11) is 0. The van der Waals surface area contributed by atoms with E-state index in [9.17, 15) is 18.8 Å². The average molecular weight is 363 g/mol. The van der Waals surface area contributed by atoms with Crippen molar-refractivity contribution >= 4 is 17.8 Å². The zero-order valence-corrected chi connectivity index (χ0v) is 15.5. The van der Waals surface area contributed by atoms with E-state index in [-0.39, 0.29) is 18.3 Å². The number of carbonyl (C=O) groups excluding carboxylic acids is 3. The molecule has 2 rings (SSSR count). The maximum atomic E-state index is 12.9. The molecule has 0 aromatic heterocycles. The van der Waals surface area contributed by atoms with Crippen LogP contribution in [0.4, 0.5) is 9.18 Å². The van der Waals surface area contributed by atoms with Gasteiger partial charge in [0.1, 0.15) is 17.9 Å². The van der Waals surface area contributed by atoms with Gasteiger partial charge in [-0.2, -0.15) is 0 Å². The lowest BCUT2D eigenvalue weighted by Gasteiger charge is -2.22. The number of carbonyl (C=O) groups is 3. The van der Waals surface area contributed by atoms with E-state index in [1.807, 2.05) is 0 Å². The molecule has 0 aliphatic carbocycles. The molecule has 1 aromatic rings. The minimum absolute atomic E-state index is 0.300. The largest absolute Gasteiger partial charge is 0.354 e. The second-order valence-corrected chi connectivity index (χ2v) is 7.31. The number of halogens is 1. The Morgan fingerprint density at radius 1 is 1.27 bits per heavy atom. The van der Waals surface area contributed by atoms with Crippen LogP contribution in [0.1, 0.15) is 39.2 Å². The van der Waals surface area contributed by atoms with Gasteiger partial charge < -0.3 is 10.6 Å². The highest BCUT2D eigenvalue weighted by Gasteiger charge is 2.47. The smallest absolute Gasteiger partial charge is 0.325 e. The van der Waals surface area contributed by atoms with Gasteiger partial charge in [-0.3, -0.25) is 14.5 Å². The van der Waals surface area contributed by atoms with Crippen LogP contribution in [0, 0.1) is 11.7 Å². The van der Waals surface area contributed by atoms with Crippen molar-refractivity contribution in [3.63, 3.8) is 0 Å². The summed E-state index contributed by atoms with van der Waals surface area (Å²) < 4.78 is 12.9. The number of hydrogen-bond acceptors (Lipinski definition) is 3. The van der Waals surface area contributed by atoms with Crippen LogP contribution in [0.3, 0.4) is 0 Å². The summed E-state index contributed by atoms with van der Waals surface area (Å²) in [6.07, 6.45) is 1.89. The summed E-state index contributed by atoms with van der Waals surface area (Å²) in [5, 5.41) is 5.38. The number of hydrogen-bond donors (Lipinski definition) is 2. The van der Waals surface area contributed by atoms with E-state index in [4.69, 9.17) is 0 Å². The topological polar surface area (TPSA) is 78.5 Å². The number of benzene rings is 1. The third kappa shape index (κ3) is 5.03. The first-order valence-electron chi connectivity index (χ1n) is 8.86. The molecule has 0 saturated carbocycles. The van der Waals surface area contributed by atoms with Gasteiger partial charge in [0.25, 0.3) is 5.91 Å². The van der Waals surface area contributed by atoms with Crippen molar-refractivity contribution < 1.29 is 18.8 Å². The van der Waals surface area contributed by atoms with Crippen molar-refractivity contribution in [3.05, 3.63) is 35.6 Å². The van der Waals surface area contributed by atoms with E-state index >= 15 is 0 Å². The highest BCUT2D eigenvalue weighted by atomic mass is 19.1. The molecule has 1 saturated heterocycles. The lowest BCUT2D eigenvalue weighted by atomic mass is 9.92. The zero-order valence-electron chi connectivity index (χ0n) is 15.5. The summed E-state index contributed by atoms with van der Waals surface area (Å²) in [6, 6.07) is 5.50. The molecule has 2 N–H and O–H groups in total. The Labute approximate surface area is 153 Å². The fraction of sp³-hybridized carbons (Fsp3) is 0.526. The summed E-state index contributed by atoms with van der Waals surface area (Å²) in [4.78, 5) is 37.7. The standard InChI is InChI=1S/C19H26FN3O3/c1-13(2)8-10-19(3)17(25)23(18(26)22-19)12-16(24)21-11-9-14-4-6-15(20)7-5-14/h4-7,13H,8-12H2,1-3H3,(H,21,24)(H,22,26)/t19-/m1/s1. The molecule has 1 aliphatic rings. The van der Waals surface area contributed by atoms with Crippen LogP contribution in [0.25, 0.3) is 0 Å². The van der Waals surface area contributed by atoms with Gasteiger partial charge in [0.15, 0.2) is 0 Å². The first kappa shape index (κ1) is 19.9. The highest BCUT2D eigenvalue weighted by molar-refractivity contribution is 6.08. The molecule has 4 amide bonds. The van der Waals surface area contributed by atoms with E-state index in [1.54, 1.807) is 19.1 Å². The van der Waals surface area contributed by atoms with Gasteiger partial charge in [-0.15, -0.1) is 0 Å². The molecule has 1 fully saturated rings. The molecular formula is C19H26FN3O3. The predicted molar refractivity (Wildman–Crippen MR) is 95.8 cm³/mol. The second-order valence-electron chi connectivity index (χ2n) is 7.31. The SMILES string of the molecule is CC(C)CC[C@@]1(C)NC(=O)N(CC(=O)NCCc2ccc(F)cc2)C1=O. The molecule has 1 atom stereocenters. The molecule has 0 bridgehead atoms. The Morgan fingerprint density at radius 3 is 2.54 bits per heavy atom. The number of urea groups is 1. The average Bonchev–Trinajstić information content (AvgIpc) is 2.79. The molecule has 142 valence electrons. The quantitative estimate of drug-likeness (QED) is 0.695. The van der Waals surface area contributed by atoms with Crippen LogP contribution in [-0.4, -0.2) is 41.4 Å². The molecule has 26 heavy (non-hydrogen) atoms. The Hall–Kier alpha value is -2.44. The minimum atomic E-state index is -0.949. The Bertz CT molecular complexity index is 675. The van der Waals surface area contributed by atoms with Crippen molar-refractivity contribution in [3.8, 4) is 0 Å². The molecule has 0 unspecified atom stereocenters. The van der Waals surface area contributed by atoms with Gasteiger partial charge in [-0.05, 0) is 49.8 Å². The number of rotatable bonds is 8. The van der Waals surface area contributed by atoms with Gasteiger partial charge in [-0.1, -0.05) is 26.0 Å². The molecule has 0 spiro atoms. The van der Waals surface area contributed by atoms with Gasteiger partial charge in [-0.25, -0.2) is 9.18 Å². The molecule has 1 heterocycles. The zero-order chi connectivity index (χ0) is 19.3. The van der Waals surface area contributed by atoms with Gasteiger partial charge in [0.2, 0.25) is 5.91 Å². The van der Waals surface area contributed by atoms with Crippen molar-refractivity contribution in [2.24, 2.45) is 5.92 Å². The van der Waals surface area contributed by atoms with Crippen LogP contribution < -0.4 is 10.6 Å². The highest BCUT2D eigenvalue weighted by Crippen LogP contribution is 2.24. The van der Waals surface area contributed by atoms with Gasteiger partial charge in [0.05, 0.1) is 0 Å². The molecular weight excluding hydrogens is 337 g/mol. The fourth-order valence-corrected chi connectivity index (χ4v) is 2.83. The van der Waals surface area contributed by atoms with Crippen molar-refractivity contribution in [1.82, 2.24) is 15.5 Å². The summed E-state index contributed by atoms with van der Waals surface area (Å²) in [5.74, 6) is -0.655. The van der Waals surface area contributed by atoms with Crippen LogP contribution >= 0.6 is 0 Å². The number of amides is 4. The van der Waals surface area contributed by atoms with Crippen molar-refractivity contribution in [2.45, 2.75) is 45.6 Å². The maximum Gasteiger partial charge on any atom is 0.325 e. The first-order valence-corrected chi connectivity index (χ1v) is 8.86. The third-order valence-electron chi connectivity index (χ3n) is 4.52. The monoisotopic (exact) mass is 363 g/mol. The Morgan fingerprint density at radius 2 is 1.92 bits per heavy atom. The molecule has 6 nitrogen and oxygen atoms in total. The first-order chi connectivity index (χ1) is 12.2. The van der Waals surface area contributed by atoms with Crippen LogP contribution in [-0.2, 0) is 16.0 Å². The van der Waals surface area contributed by atoms with E-state index in [2.05, 4.69) is 24.5 Å². The summed E-state index contributed by atoms with van der Waals surface area (Å²) in [5.41, 5.74) is -0.0570. The lowest BCUT2D eigenvalue weighted by molar-refractivity contribution is -0.134. The normalized spacial score (nSPS) is 19.8. The van der Waals surface area contributed by atoms with Gasteiger partial charge in [0, 0.05) is 6.54 Å². The summed E-state index contributed by atoms with van der Waals surface area (Å²) in [6.45, 7) is 5.85. The van der Waals surface area contributed by atoms with Crippen molar-refractivity contribution in [2.75, 3.05) is 13.1 Å². The second kappa shape index (κ2) is 8.29. The number of nitrogens with zero attached hydrogens (tertiary/aromatic N) is 1. The number of imide groups is 1. The predicted octanol–water partition coefficient (Wildman–Crippen LogP) is 2.23. The van der Waals surface area contributed by atoms with E-state index < -0.39 is 17.5 Å². The third-order valence-corrected chi connectivity index (χ3v) is 4.52. The van der Waals surface area contributed by atoms with E-state index in [0.717, 1.165) is 16.9 Å². The molecule has 1 aliphatic heterocycles. The lowest BCUT2D eigenvalue weighted by Crippen LogP contribution is -2.45. The number of nitrogens with one attached hydrogen (secondary N) is 2. The van der Waals surface area contributed by atoms with Crippen molar-refractivity contribution in [1.29, 1.82) is 0 Å². The van der Waals surface area contributed by atoms with Crippen LogP contribution in [0.2, 0.25) is 0 Å². The minimum Gasteiger partial charge on any atom is -0.354 e.